The number of likely N-dealkylation sites (N-methyl/N-ethyl adjacent to an activating group) is 1. The fourth-order valence-electron chi connectivity index (χ4n) is 3.16. The quantitative estimate of drug-likeness (QED) is 0.845. The minimum Gasteiger partial charge on any atom is -0.397 e. The molecule has 2 saturated heterocycles. The molecule has 21 heavy (non-hydrogen) atoms. The second-order valence-electron chi connectivity index (χ2n) is 6.20. The number of nitrogens with zero attached hydrogens (tertiary/aromatic N) is 3. The molecule has 2 heterocycles. The molecule has 0 aliphatic carbocycles. The Morgan fingerprint density at radius 2 is 1.67 bits per heavy atom. The predicted octanol–water partition coefficient (Wildman–Crippen LogP) is 1.96. The lowest BCUT2D eigenvalue weighted by Crippen LogP contribution is -2.44. The highest BCUT2D eigenvalue weighted by Gasteiger charge is 2.21. The van der Waals surface area contributed by atoms with Gasteiger partial charge in [0.05, 0.1) is 11.4 Å². The van der Waals surface area contributed by atoms with Crippen molar-refractivity contribution in [3.05, 3.63) is 18.2 Å². The Bertz CT molecular complexity index is 477. The van der Waals surface area contributed by atoms with Crippen LogP contribution >= 0.6 is 0 Å². The highest BCUT2D eigenvalue weighted by atomic mass is 19.1. The van der Waals surface area contributed by atoms with Crippen LogP contribution in [0.3, 0.4) is 0 Å². The van der Waals surface area contributed by atoms with E-state index in [0.29, 0.717) is 12.8 Å². The maximum atomic E-state index is 13.3. The van der Waals surface area contributed by atoms with Crippen molar-refractivity contribution < 1.29 is 4.39 Å². The van der Waals surface area contributed by atoms with Gasteiger partial charge in [-0.2, -0.15) is 0 Å². The summed E-state index contributed by atoms with van der Waals surface area (Å²) in [6, 6.07) is 6.27. The molecule has 0 unspecified atom stereocenters. The lowest BCUT2D eigenvalue weighted by atomic mass is 10.1. The highest BCUT2D eigenvalue weighted by Crippen LogP contribution is 2.31. The molecule has 2 N–H and O–H groups in total. The van der Waals surface area contributed by atoms with Crippen LogP contribution in [-0.2, 0) is 0 Å². The number of anilines is 3. The molecule has 4 nitrogen and oxygen atoms in total. The third-order valence-corrected chi connectivity index (χ3v) is 4.65. The Labute approximate surface area is 126 Å². The number of hydrogen-bond acceptors (Lipinski definition) is 4. The molecular formula is C16H25FN4. The lowest BCUT2D eigenvalue weighted by Gasteiger charge is -2.36. The molecule has 2 aliphatic rings. The van der Waals surface area contributed by atoms with Gasteiger partial charge in [-0.15, -0.1) is 0 Å². The van der Waals surface area contributed by atoms with Crippen LogP contribution in [0.2, 0.25) is 0 Å². The highest BCUT2D eigenvalue weighted by molar-refractivity contribution is 5.73. The van der Waals surface area contributed by atoms with Gasteiger partial charge < -0.3 is 20.4 Å². The van der Waals surface area contributed by atoms with Gasteiger partial charge in [0, 0.05) is 45.0 Å². The Kier molecular flexibility index (Phi) is 4.19. The topological polar surface area (TPSA) is 35.7 Å². The minimum atomic E-state index is -0.650. The zero-order valence-electron chi connectivity index (χ0n) is 12.8. The molecule has 0 spiro atoms. The van der Waals surface area contributed by atoms with E-state index in [1.807, 2.05) is 6.07 Å². The fraction of sp³-hybridized carbons (Fsp3) is 0.625. The molecule has 2 fully saturated rings. The first-order valence-electron chi connectivity index (χ1n) is 7.85. The molecule has 2 aliphatic heterocycles. The molecule has 3 rings (SSSR count). The van der Waals surface area contributed by atoms with E-state index in [1.54, 1.807) is 0 Å². The number of piperidine rings is 1. The molecular weight excluding hydrogens is 267 g/mol. The summed E-state index contributed by atoms with van der Waals surface area (Å²) in [6.45, 7) is 5.80. The number of nitrogens with two attached hydrogens (primary N) is 1. The van der Waals surface area contributed by atoms with Gasteiger partial charge in [-0.3, -0.25) is 0 Å². The summed E-state index contributed by atoms with van der Waals surface area (Å²) in [4.78, 5) is 6.98. The van der Waals surface area contributed by atoms with Gasteiger partial charge in [0.1, 0.15) is 6.17 Å². The third kappa shape index (κ3) is 3.23. The van der Waals surface area contributed by atoms with Gasteiger partial charge in [0.2, 0.25) is 0 Å². The molecule has 116 valence electrons. The summed E-state index contributed by atoms with van der Waals surface area (Å²) in [6.07, 6.45) is 0.569. The first kappa shape index (κ1) is 14.4. The van der Waals surface area contributed by atoms with Crippen LogP contribution in [0.1, 0.15) is 12.8 Å². The summed E-state index contributed by atoms with van der Waals surface area (Å²) in [5.74, 6) is 0. The Morgan fingerprint density at radius 3 is 2.33 bits per heavy atom. The normalized spacial score (nSPS) is 21.8. The summed E-state index contributed by atoms with van der Waals surface area (Å²) in [5, 5.41) is 0. The van der Waals surface area contributed by atoms with Crippen molar-refractivity contribution in [1.29, 1.82) is 0 Å². The van der Waals surface area contributed by atoms with E-state index in [4.69, 9.17) is 5.73 Å². The number of halogens is 1. The first-order chi connectivity index (χ1) is 10.1. The maximum Gasteiger partial charge on any atom is 0.103 e. The summed E-state index contributed by atoms with van der Waals surface area (Å²) in [7, 11) is 2.16. The zero-order chi connectivity index (χ0) is 14.8. The standard InChI is InChI=1S/C16H25FN4/c1-19-8-10-20(11-9-19)14-2-3-15(18)16(12-14)21-6-4-13(17)5-7-21/h2-3,12-13H,4-11,18H2,1H3. The SMILES string of the molecule is CN1CCN(c2ccc(N)c(N3CCC(F)CC3)c2)CC1. The van der Waals surface area contributed by atoms with E-state index in [0.717, 1.165) is 50.6 Å². The molecule has 0 aromatic heterocycles. The van der Waals surface area contributed by atoms with Crippen LogP contribution in [0.5, 0.6) is 0 Å². The molecule has 0 atom stereocenters. The van der Waals surface area contributed by atoms with Crippen LogP contribution in [0.25, 0.3) is 0 Å². The Morgan fingerprint density at radius 1 is 1.00 bits per heavy atom. The minimum absolute atomic E-state index is 0.609. The van der Waals surface area contributed by atoms with Gasteiger partial charge in [-0.05, 0) is 38.1 Å². The van der Waals surface area contributed by atoms with E-state index in [1.165, 1.54) is 5.69 Å². The van der Waals surface area contributed by atoms with Gasteiger partial charge >= 0.3 is 0 Å². The summed E-state index contributed by atoms with van der Waals surface area (Å²) in [5.41, 5.74) is 9.24. The fourth-order valence-corrected chi connectivity index (χ4v) is 3.16. The van der Waals surface area contributed by atoms with Crippen LogP contribution < -0.4 is 15.5 Å². The van der Waals surface area contributed by atoms with Crippen molar-refractivity contribution in [2.75, 3.05) is 61.8 Å². The van der Waals surface area contributed by atoms with Gasteiger partial charge in [-0.1, -0.05) is 0 Å². The van der Waals surface area contributed by atoms with Crippen molar-refractivity contribution in [3.8, 4) is 0 Å². The summed E-state index contributed by atoms with van der Waals surface area (Å²) >= 11 is 0. The van der Waals surface area contributed by atoms with Crippen molar-refractivity contribution >= 4 is 17.1 Å². The summed E-state index contributed by atoms with van der Waals surface area (Å²) < 4.78 is 13.3. The smallest absolute Gasteiger partial charge is 0.103 e. The van der Waals surface area contributed by atoms with E-state index in [9.17, 15) is 4.39 Å². The number of alkyl halides is 1. The lowest BCUT2D eigenvalue weighted by molar-refractivity contribution is 0.277. The largest absolute Gasteiger partial charge is 0.397 e. The van der Waals surface area contributed by atoms with Crippen LogP contribution in [0.4, 0.5) is 21.5 Å². The predicted molar refractivity (Wildman–Crippen MR) is 86.9 cm³/mol. The third-order valence-electron chi connectivity index (χ3n) is 4.65. The molecule has 5 heteroatoms. The van der Waals surface area contributed by atoms with Crippen molar-refractivity contribution in [1.82, 2.24) is 4.90 Å². The molecule has 0 bridgehead atoms. The van der Waals surface area contributed by atoms with Gasteiger partial charge in [0.15, 0.2) is 0 Å². The maximum absolute atomic E-state index is 13.3. The van der Waals surface area contributed by atoms with Crippen molar-refractivity contribution in [2.24, 2.45) is 0 Å². The monoisotopic (exact) mass is 292 g/mol. The van der Waals surface area contributed by atoms with E-state index < -0.39 is 6.17 Å². The van der Waals surface area contributed by atoms with Crippen LogP contribution in [0, 0.1) is 0 Å². The van der Waals surface area contributed by atoms with E-state index >= 15 is 0 Å². The number of rotatable bonds is 2. The molecule has 0 radical (unpaired) electrons. The van der Waals surface area contributed by atoms with Gasteiger partial charge in [0.25, 0.3) is 0 Å². The van der Waals surface area contributed by atoms with Crippen LogP contribution in [-0.4, -0.2) is 57.4 Å². The zero-order valence-corrected chi connectivity index (χ0v) is 12.8. The Hall–Kier alpha value is -1.49. The molecule has 1 aromatic carbocycles. The average Bonchev–Trinajstić information content (AvgIpc) is 2.50. The van der Waals surface area contributed by atoms with Crippen molar-refractivity contribution in [3.63, 3.8) is 0 Å². The number of piperazine rings is 1. The van der Waals surface area contributed by atoms with E-state index in [2.05, 4.69) is 33.9 Å². The second kappa shape index (κ2) is 6.10. The average molecular weight is 292 g/mol. The van der Waals surface area contributed by atoms with Gasteiger partial charge in [-0.25, -0.2) is 4.39 Å². The second-order valence-corrected chi connectivity index (χ2v) is 6.20. The van der Waals surface area contributed by atoms with E-state index in [-0.39, 0.29) is 0 Å². The number of hydrogen-bond donors (Lipinski definition) is 1. The first-order valence-corrected chi connectivity index (χ1v) is 7.85. The Balaban J connectivity index is 1.76. The number of benzene rings is 1. The number of nitrogen functional groups attached to an aromatic ring is 1. The molecule has 1 aromatic rings. The van der Waals surface area contributed by atoms with Crippen LogP contribution in [0.15, 0.2) is 18.2 Å². The molecule has 0 saturated carbocycles. The van der Waals surface area contributed by atoms with Crippen molar-refractivity contribution in [2.45, 2.75) is 19.0 Å². The molecule has 0 amide bonds.